The Morgan fingerprint density at radius 2 is 1.89 bits per heavy atom. The Hall–Kier alpha value is -1.78. The number of benzene rings is 1. The quantitative estimate of drug-likeness (QED) is 0.600. The molecule has 5 nitrogen and oxygen atoms in total. The van der Waals surface area contributed by atoms with Crippen LogP contribution in [0, 0.1) is 16.0 Å². The van der Waals surface area contributed by atoms with Crippen molar-refractivity contribution >= 4 is 17.1 Å². The molecule has 0 bridgehead atoms. The summed E-state index contributed by atoms with van der Waals surface area (Å²) in [5.41, 5.74) is 1.21. The third-order valence-corrected chi connectivity index (χ3v) is 2.71. The van der Waals surface area contributed by atoms with Crippen molar-refractivity contribution in [2.45, 2.75) is 33.2 Å². The summed E-state index contributed by atoms with van der Waals surface area (Å²) in [5, 5.41) is 17.2. The fourth-order valence-electron chi connectivity index (χ4n) is 2.09. The molecule has 0 aliphatic rings. The Balaban J connectivity index is 2.98. The number of nitrogens with one attached hydrogen (secondary N) is 2. The number of nitro benzene ring substituents is 1. The molecule has 0 radical (unpaired) electrons. The number of rotatable bonds is 6. The summed E-state index contributed by atoms with van der Waals surface area (Å²) in [5.74, 6) is 0.555. The van der Waals surface area contributed by atoms with Gasteiger partial charge in [-0.25, -0.2) is 0 Å². The average molecular weight is 251 g/mol. The molecule has 100 valence electrons. The van der Waals surface area contributed by atoms with Crippen molar-refractivity contribution < 1.29 is 4.92 Å². The number of hydrogen-bond acceptors (Lipinski definition) is 4. The van der Waals surface area contributed by atoms with Crippen LogP contribution in [0.1, 0.15) is 27.2 Å². The summed E-state index contributed by atoms with van der Waals surface area (Å²) in [6, 6.07) is 5.46. The van der Waals surface area contributed by atoms with E-state index in [0.29, 0.717) is 17.3 Å². The summed E-state index contributed by atoms with van der Waals surface area (Å²) in [7, 11) is 1.68. The fourth-order valence-corrected chi connectivity index (χ4v) is 2.09. The lowest BCUT2D eigenvalue weighted by Crippen LogP contribution is -2.18. The first-order chi connectivity index (χ1) is 8.45. The van der Waals surface area contributed by atoms with E-state index < -0.39 is 0 Å². The van der Waals surface area contributed by atoms with Crippen LogP contribution in [0.2, 0.25) is 0 Å². The van der Waals surface area contributed by atoms with E-state index in [1.807, 2.05) is 13.0 Å². The van der Waals surface area contributed by atoms with Crippen molar-refractivity contribution in [2.24, 2.45) is 5.92 Å². The van der Waals surface area contributed by atoms with Gasteiger partial charge in [0, 0.05) is 13.1 Å². The monoisotopic (exact) mass is 251 g/mol. The molecule has 5 heteroatoms. The Morgan fingerprint density at radius 3 is 2.39 bits per heavy atom. The topological polar surface area (TPSA) is 67.2 Å². The molecule has 1 rings (SSSR count). The first-order valence-electron chi connectivity index (χ1n) is 6.17. The highest BCUT2D eigenvalue weighted by molar-refractivity contribution is 5.76. The molecule has 1 aromatic rings. The van der Waals surface area contributed by atoms with Crippen LogP contribution in [0.4, 0.5) is 17.1 Å². The number of anilines is 2. The number of nitrogens with zero attached hydrogens (tertiary/aromatic N) is 1. The van der Waals surface area contributed by atoms with Crippen molar-refractivity contribution in [3.63, 3.8) is 0 Å². The molecule has 0 spiro atoms. The minimum Gasteiger partial charge on any atom is -0.382 e. The van der Waals surface area contributed by atoms with Crippen LogP contribution in [0.25, 0.3) is 0 Å². The van der Waals surface area contributed by atoms with Gasteiger partial charge in [-0.15, -0.1) is 0 Å². The van der Waals surface area contributed by atoms with Gasteiger partial charge in [0.1, 0.15) is 11.4 Å². The first kappa shape index (κ1) is 14.3. The van der Waals surface area contributed by atoms with Gasteiger partial charge in [-0.2, -0.15) is 0 Å². The maximum absolute atomic E-state index is 11.1. The van der Waals surface area contributed by atoms with Crippen LogP contribution in [0.3, 0.4) is 0 Å². The van der Waals surface area contributed by atoms with E-state index in [2.05, 4.69) is 24.5 Å². The molecule has 0 heterocycles. The molecule has 1 atom stereocenters. The lowest BCUT2D eigenvalue weighted by atomic mass is 10.0. The van der Waals surface area contributed by atoms with Crippen molar-refractivity contribution in [3.8, 4) is 0 Å². The van der Waals surface area contributed by atoms with E-state index in [4.69, 9.17) is 0 Å². The second-order valence-electron chi connectivity index (χ2n) is 4.88. The number of hydrogen-bond donors (Lipinski definition) is 2. The molecular formula is C13H21N3O2. The van der Waals surface area contributed by atoms with E-state index in [1.54, 1.807) is 19.2 Å². The Bertz CT molecular complexity index is 419. The highest BCUT2D eigenvalue weighted by Gasteiger charge is 2.20. The van der Waals surface area contributed by atoms with E-state index in [1.165, 1.54) is 0 Å². The lowest BCUT2D eigenvalue weighted by molar-refractivity contribution is -0.383. The second-order valence-corrected chi connectivity index (χ2v) is 4.88. The SMILES string of the molecule is CNc1cccc(NC(C)CC(C)C)c1[N+](=O)[O-]. The number of para-hydroxylation sites is 1. The predicted molar refractivity (Wildman–Crippen MR) is 75.2 cm³/mol. The minimum absolute atomic E-state index is 0.107. The largest absolute Gasteiger partial charge is 0.382 e. The van der Waals surface area contributed by atoms with Gasteiger partial charge in [0.2, 0.25) is 0 Å². The first-order valence-corrected chi connectivity index (χ1v) is 6.17. The lowest BCUT2D eigenvalue weighted by Gasteiger charge is -2.18. The summed E-state index contributed by atoms with van der Waals surface area (Å²) >= 11 is 0. The van der Waals surface area contributed by atoms with Gasteiger partial charge in [-0.3, -0.25) is 10.1 Å². The predicted octanol–water partition coefficient (Wildman–Crippen LogP) is 3.48. The highest BCUT2D eigenvalue weighted by Crippen LogP contribution is 2.33. The van der Waals surface area contributed by atoms with Gasteiger partial charge < -0.3 is 10.6 Å². The van der Waals surface area contributed by atoms with E-state index >= 15 is 0 Å². The molecular weight excluding hydrogens is 230 g/mol. The normalized spacial score (nSPS) is 12.3. The fraction of sp³-hybridized carbons (Fsp3) is 0.538. The Labute approximate surface area is 108 Å². The number of nitro groups is 1. The molecule has 0 aromatic heterocycles. The van der Waals surface area contributed by atoms with Gasteiger partial charge in [-0.05, 0) is 31.4 Å². The molecule has 0 aliphatic carbocycles. The maximum atomic E-state index is 11.1. The molecule has 0 aliphatic heterocycles. The van der Waals surface area contributed by atoms with Crippen LogP contribution >= 0.6 is 0 Å². The van der Waals surface area contributed by atoms with Gasteiger partial charge >= 0.3 is 5.69 Å². The van der Waals surface area contributed by atoms with Gasteiger partial charge in [0.05, 0.1) is 4.92 Å². The maximum Gasteiger partial charge on any atom is 0.315 e. The molecule has 18 heavy (non-hydrogen) atoms. The molecule has 0 amide bonds. The van der Waals surface area contributed by atoms with Crippen LogP contribution in [0.15, 0.2) is 18.2 Å². The van der Waals surface area contributed by atoms with Crippen LogP contribution in [-0.2, 0) is 0 Å². The summed E-state index contributed by atoms with van der Waals surface area (Å²) in [6.45, 7) is 6.31. The Morgan fingerprint density at radius 1 is 1.28 bits per heavy atom. The molecule has 0 saturated carbocycles. The van der Waals surface area contributed by atoms with E-state index in [-0.39, 0.29) is 16.7 Å². The third-order valence-electron chi connectivity index (χ3n) is 2.71. The van der Waals surface area contributed by atoms with Crippen LogP contribution in [0.5, 0.6) is 0 Å². The highest BCUT2D eigenvalue weighted by atomic mass is 16.6. The third kappa shape index (κ3) is 3.61. The second kappa shape index (κ2) is 6.23. The van der Waals surface area contributed by atoms with Gasteiger partial charge in [-0.1, -0.05) is 19.9 Å². The van der Waals surface area contributed by atoms with E-state index in [9.17, 15) is 10.1 Å². The zero-order chi connectivity index (χ0) is 13.7. The summed E-state index contributed by atoms with van der Waals surface area (Å²) in [4.78, 5) is 10.8. The standard InChI is InChI=1S/C13H21N3O2/c1-9(2)8-10(3)15-12-7-5-6-11(14-4)13(12)16(17)18/h5-7,9-10,14-15H,8H2,1-4H3. The Kier molecular flexibility index (Phi) is 4.95. The summed E-state index contributed by atoms with van der Waals surface area (Å²) in [6.07, 6.45) is 0.973. The zero-order valence-electron chi connectivity index (χ0n) is 11.4. The van der Waals surface area contributed by atoms with Crippen molar-refractivity contribution in [1.29, 1.82) is 0 Å². The zero-order valence-corrected chi connectivity index (χ0v) is 11.4. The average Bonchev–Trinajstić information content (AvgIpc) is 2.26. The van der Waals surface area contributed by atoms with Gasteiger partial charge in [0.25, 0.3) is 0 Å². The van der Waals surface area contributed by atoms with Crippen LogP contribution < -0.4 is 10.6 Å². The molecule has 0 saturated heterocycles. The molecule has 2 N–H and O–H groups in total. The molecule has 1 aromatic carbocycles. The molecule has 0 fully saturated rings. The summed E-state index contributed by atoms with van der Waals surface area (Å²) < 4.78 is 0. The van der Waals surface area contributed by atoms with Crippen LogP contribution in [-0.4, -0.2) is 18.0 Å². The van der Waals surface area contributed by atoms with Crippen molar-refractivity contribution in [1.82, 2.24) is 0 Å². The molecule has 1 unspecified atom stereocenters. The van der Waals surface area contributed by atoms with Crippen molar-refractivity contribution in [2.75, 3.05) is 17.7 Å². The van der Waals surface area contributed by atoms with E-state index in [0.717, 1.165) is 6.42 Å². The van der Waals surface area contributed by atoms with Gasteiger partial charge in [0.15, 0.2) is 0 Å². The minimum atomic E-state index is -0.351. The smallest absolute Gasteiger partial charge is 0.315 e. The van der Waals surface area contributed by atoms with Crippen molar-refractivity contribution in [3.05, 3.63) is 28.3 Å².